The van der Waals surface area contributed by atoms with Crippen molar-refractivity contribution in [1.82, 2.24) is 4.90 Å². The zero-order chi connectivity index (χ0) is 20.3. The Morgan fingerprint density at radius 3 is 2.53 bits per heavy atom. The van der Waals surface area contributed by atoms with Crippen LogP contribution in [0.2, 0.25) is 0 Å². The van der Waals surface area contributed by atoms with Gasteiger partial charge in [0.15, 0.2) is 17.6 Å². The lowest BCUT2D eigenvalue weighted by Gasteiger charge is -2.47. The van der Waals surface area contributed by atoms with Gasteiger partial charge in [-0.15, -0.1) is 0 Å². The van der Waals surface area contributed by atoms with Gasteiger partial charge in [0.05, 0.1) is 6.04 Å². The van der Waals surface area contributed by atoms with Crippen LogP contribution < -0.4 is 14.2 Å². The van der Waals surface area contributed by atoms with Crippen LogP contribution >= 0.6 is 0 Å². The van der Waals surface area contributed by atoms with Gasteiger partial charge in [-0.2, -0.15) is 0 Å². The Morgan fingerprint density at radius 2 is 1.77 bits per heavy atom. The van der Waals surface area contributed by atoms with Gasteiger partial charge in [0.1, 0.15) is 19.0 Å². The number of carbonyl (C=O) groups is 1. The fraction of sp³-hybridized carbons (Fsp3) is 0.480. The first-order chi connectivity index (χ1) is 14.6. The number of hydrogen-bond acceptors (Lipinski definition) is 4. The van der Waals surface area contributed by atoms with Gasteiger partial charge in [-0.25, -0.2) is 0 Å². The fourth-order valence-electron chi connectivity index (χ4n) is 5.88. The molecule has 1 aliphatic carbocycles. The van der Waals surface area contributed by atoms with Crippen LogP contribution in [-0.4, -0.2) is 36.7 Å². The molecule has 30 heavy (non-hydrogen) atoms. The molecule has 0 unspecified atom stereocenters. The molecule has 1 fully saturated rings. The predicted molar refractivity (Wildman–Crippen MR) is 112 cm³/mol. The largest absolute Gasteiger partial charge is 0.486 e. The number of para-hydroxylation sites is 1. The quantitative estimate of drug-likeness (QED) is 0.714. The van der Waals surface area contributed by atoms with Crippen molar-refractivity contribution < 1.29 is 19.0 Å². The first-order valence-corrected chi connectivity index (χ1v) is 11.1. The number of benzene rings is 2. The third-order valence-corrected chi connectivity index (χ3v) is 7.44. The van der Waals surface area contributed by atoms with E-state index in [9.17, 15) is 4.79 Å². The Hall–Kier alpha value is -2.69. The molecule has 3 heterocycles. The molecule has 1 spiro atoms. The van der Waals surface area contributed by atoms with Crippen LogP contribution in [0, 0.1) is 0 Å². The van der Waals surface area contributed by atoms with Gasteiger partial charge in [-0.1, -0.05) is 31.0 Å². The molecule has 0 radical (unpaired) electrons. The standard InChI is InChI=1S/C25H27NO4/c1-16-18-13-21-22(29-11-10-28-21)14-19(18)25(8-4-5-9-25)15-26(16)24(27)23-12-17-6-2-3-7-20(17)30-23/h2-3,6-7,13-14,16,23H,4-5,8-12,15H2,1H3/t16-,23-/m1/s1. The number of carbonyl (C=O) groups excluding carboxylic acids is 1. The van der Waals surface area contributed by atoms with Crippen LogP contribution in [0.5, 0.6) is 17.2 Å². The third kappa shape index (κ3) is 2.64. The Morgan fingerprint density at radius 1 is 1.03 bits per heavy atom. The number of fused-ring (bicyclic) bond motifs is 4. The summed E-state index contributed by atoms with van der Waals surface area (Å²) in [5.41, 5.74) is 3.70. The van der Waals surface area contributed by atoms with Crippen molar-refractivity contribution in [2.24, 2.45) is 0 Å². The average molecular weight is 405 g/mol. The van der Waals surface area contributed by atoms with Crippen LogP contribution in [0.3, 0.4) is 0 Å². The first-order valence-electron chi connectivity index (χ1n) is 11.1. The highest BCUT2D eigenvalue weighted by molar-refractivity contribution is 5.84. The summed E-state index contributed by atoms with van der Waals surface area (Å²) in [6.45, 7) is 4.06. The third-order valence-electron chi connectivity index (χ3n) is 7.44. The molecule has 0 aromatic heterocycles. The van der Waals surface area contributed by atoms with Crippen molar-refractivity contribution in [2.45, 2.75) is 56.6 Å². The maximum atomic E-state index is 13.7. The summed E-state index contributed by atoms with van der Waals surface area (Å²) >= 11 is 0. The number of amides is 1. The molecule has 2 aromatic carbocycles. The maximum Gasteiger partial charge on any atom is 0.264 e. The van der Waals surface area contributed by atoms with Crippen molar-refractivity contribution in [3.63, 3.8) is 0 Å². The summed E-state index contributed by atoms with van der Waals surface area (Å²) in [6, 6.07) is 12.3. The van der Waals surface area contributed by atoms with Gasteiger partial charge < -0.3 is 19.1 Å². The zero-order valence-corrected chi connectivity index (χ0v) is 17.4. The minimum absolute atomic E-state index is 0.0122. The van der Waals surface area contributed by atoms with Crippen LogP contribution in [-0.2, 0) is 16.6 Å². The normalized spacial score (nSPS) is 25.6. The van der Waals surface area contributed by atoms with Gasteiger partial charge in [-0.3, -0.25) is 4.79 Å². The lowest BCUT2D eigenvalue weighted by atomic mass is 9.71. The Kier molecular flexibility index (Phi) is 4.02. The van der Waals surface area contributed by atoms with E-state index in [0.717, 1.165) is 42.2 Å². The van der Waals surface area contributed by atoms with E-state index >= 15 is 0 Å². The first kappa shape index (κ1) is 18.1. The molecule has 0 N–H and O–H groups in total. The Bertz CT molecular complexity index is 985. The van der Waals surface area contributed by atoms with Crippen LogP contribution in [0.25, 0.3) is 0 Å². The second-order valence-corrected chi connectivity index (χ2v) is 9.13. The highest BCUT2D eigenvalue weighted by Crippen LogP contribution is 2.52. The van der Waals surface area contributed by atoms with Crippen LogP contribution in [0.15, 0.2) is 36.4 Å². The minimum atomic E-state index is -0.429. The molecular formula is C25H27NO4. The smallest absolute Gasteiger partial charge is 0.264 e. The molecular weight excluding hydrogens is 378 g/mol. The minimum Gasteiger partial charge on any atom is -0.486 e. The van der Waals surface area contributed by atoms with Crippen LogP contribution in [0.1, 0.15) is 55.3 Å². The van der Waals surface area contributed by atoms with E-state index in [4.69, 9.17) is 14.2 Å². The molecule has 6 rings (SSSR count). The summed E-state index contributed by atoms with van der Waals surface area (Å²) in [5.74, 6) is 2.60. The Balaban J connectivity index is 1.37. The van der Waals surface area contributed by atoms with E-state index in [1.165, 1.54) is 24.0 Å². The lowest BCUT2D eigenvalue weighted by molar-refractivity contribution is -0.142. The van der Waals surface area contributed by atoms with Crippen molar-refractivity contribution in [2.75, 3.05) is 19.8 Å². The van der Waals surface area contributed by atoms with E-state index in [0.29, 0.717) is 19.6 Å². The van der Waals surface area contributed by atoms with Crippen molar-refractivity contribution in [3.8, 4) is 17.2 Å². The lowest BCUT2D eigenvalue weighted by Crippen LogP contribution is -2.52. The summed E-state index contributed by atoms with van der Waals surface area (Å²) in [6.07, 6.45) is 4.86. The van der Waals surface area contributed by atoms with E-state index in [1.807, 2.05) is 18.2 Å². The molecule has 5 heteroatoms. The van der Waals surface area contributed by atoms with E-state index in [-0.39, 0.29) is 17.4 Å². The van der Waals surface area contributed by atoms with Crippen molar-refractivity contribution >= 4 is 5.91 Å². The van der Waals surface area contributed by atoms with Crippen molar-refractivity contribution in [1.29, 1.82) is 0 Å². The molecule has 1 amide bonds. The van der Waals surface area contributed by atoms with Gasteiger partial charge in [-0.05, 0) is 54.7 Å². The second kappa shape index (κ2) is 6.66. The highest BCUT2D eigenvalue weighted by atomic mass is 16.6. The topological polar surface area (TPSA) is 48.0 Å². The maximum absolute atomic E-state index is 13.7. The average Bonchev–Trinajstić information content (AvgIpc) is 3.42. The van der Waals surface area contributed by atoms with Crippen LogP contribution in [0.4, 0.5) is 0 Å². The molecule has 0 bridgehead atoms. The molecule has 1 saturated carbocycles. The highest BCUT2D eigenvalue weighted by Gasteiger charge is 2.48. The summed E-state index contributed by atoms with van der Waals surface area (Å²) < 4.78 is 17.8. The zero-order valence-electron chi connectivity index (χ0n) is 17.4. The number of hydrogen-bond donors (Lipinski definition) is 0. The molecule has 3 aliphatic heterocycles. The molecule has 2 aromatic rings. The Labute approximate surface area is 176 Å². The summed E-state index contributed by atoms with van der Waals surface area (Å²) in [4.78, 5) is 15.7. The van der Waals surface area contributed by atoms with Gasteiger partial charge in [0.2, 0.25) is 0 Å². The number of rotatable bonds is 1. The molecule has 5 nitrogen and oxygen atoms in total. The number of nitrogens with zero attached hydrogens (tertiary/aromatic N) is 1. The number of ether oxygens (including phenoxy) is 3. The molecule has 4 aliphatic rings. The fourth-order valence-corrected chi connectivity index (χ4v) is 5.88. The van der Waals surface area contributed by atoms with Gasteiger partial charge in [0, 0.05) is 18.4 Å². The molecule has 0 saturated heterocycles. The summed E-state index contributed by atoms with van der Waals surface area (Å²) in [5, 5.41) is 0. The van der Waals surface area contributed by atoms with Crippen molar-refractivity contribution in [3.05, 3.63) is 53.1 Å². The predicted octanol–water partition coefficient (Wildman–Crippen LogP) is 4.18. The van der Waals surface area contributed by atoms with E-state index in [2.05, 4.69) is 30.0 Å². The second-order valence-electron chi connectivity index (χ2n) is 9.13. The SMILES string of the molecule is C[C@@H]1c2cc3c(cc2C2(CCCC2)CN1C(=O)[C@H]1Cc2ccccc2O1)OCCO3. The van der Waals surface area contributed by atoms with E-state index < -0.39 is 6.10 Å². The molecule has 156 valence electrons. The van der Waals surface area contributed by atoms with E-state index in [1.54, 1.807) is 0 Å². The van der Waals surface area contributed by atoms with Gasteiger partial charge >= 0.3 is 0 Å². The summed E-state index contributed by atoms with van der Waals surface area (Å²) in [7, 11) is 0. The molecule has 2 atom stereocenters. The van der Waals surface area contributed by atoms with Gasteiger partial charge in [0.25, 0.3) is 5.91 Å². The monoisotopic (exact) mass is 405 g/mol.